The normalized spacial score (nSPS) is 9.69. The van der Waals surface area contributed by atoms with Gasteiger partial charge in [0.15, 0.2) is 0 Å². The minimum atomic E-state index is 0.906. The number of para-hydroxylation sites is 2. The van der Waals surface area contributed by atoms with Crippen LogP contribution in [-0.4, -0.2) is 25.7 Å². The summed E-state index contributed by atoms with van der Waals surface area (Å²) in [6, 6.07) is 7.96. The fourth-order valence-electron chi connectivity index (χ4n) is 1.08. The summed E-state index contributed by atoms with van der Waals surface area (Å²) < 4.78 is 5.21. The highest BCUT2D eigenvalue weighted by molar-refractivity contribution is 7.98. The van der Waals surface area contributed by atoms with Crippen LogP contribution in [0.1, 0.15) is 0 Å². The van der Waals surface area contributed by atoms with Gasteiger partial charge in [0.05, 0.1) is 12.8 Å². The van der Waals surface area contributed by atoms with Crippen molar-refractivity contribution in [2.75, 3.05) is 31.0 Å². The molecule has 1 aromatic carbocycles. The van der Waals surface area contributed by atoms with Crippen LogP contribution >= 0.6 is 11.8 Å². The third-order valence-corrected chi connectivity index (χ3v) is 2.34. The lowest BCUT2D eigenvalue weighted by Gasteiger charge is -2.09. The van der Waals surface area contributed by atoms with Gasteiger partial charge in [-0.25, -0.2) is 0 Å². The Hall–Kier alpha value is -0.830. The molecular weight excluding hydrogens is 182 g/mol. The second-order valence-corrected chi connectivity index (χ2v) is 3.61. The van der Waals surface area contributed by atoms with Gasteiger partial charge in [0.1, 0.15) is 5.75 Å². The van der Waals surface area contributed by atoms with E-state index in [4.69, 9.17) is 4.74 Å². The molecule has 0 aliphatic heterocycles. The molecule has 0 bridgehead atoms. The van der Waals surface area contributed by atoms with E-state index in [9.17, 15) is 0 Å². The molecule has 0 saturated heterocycles. The van der Waals surface area contributed by atoms with Gasteiger partial charge in [0, 0.05) is 12.3 Å². The van der Waals surface area contributed by atoms with Gasteiger partial charge < -0.3 is 10.1 Å². The number of methoxy groups -OCH3 is 1. The Bertz CT molecular complexity index is 252. The third kappa shape index (κ3) is 3.19. The Morgan fingerprint density at radius 1 is 1.38 bits per heavy atom. The van der Waals surface area contributed by atoms with Crippen molar-refractivity contribution >= 4 is 17.4 Å². The number of benzene rings is 1. The van der Waals surface area contributed by atoms with E-state index in [0.717, 1.165) is 23.7 Å². The number of hydrogen-bond donors (Lipinski definition) is 1. The Morgan fingerprint density at radius 2 is 2.15 bits per heavy atom. The molecule has 0 fully saturated rings. The Kier molecular flexibility index (Phi) is 4.54. The minimum absolute atomic E-state index is 0.906. The van der Waals surface area contributed by atoms with Crippen molar-refractivity contribution in [1.29, 1.82) is 0 Å². The first-order chi connectivity index (χ1) is 6.38. The maximum Gasteiger partial charge on any atom is 0.141 e. The first-order valence-electron chi connectivity index (χ1n) is 4.24. The maximum absolute atomic E-state index is 5.21. The van der Waals surface area contributed by atoms with Crippen LogP contribution in [0.3, 0.4) is 0 Å². The van der Waals surface area contributed by atoms with Gasteiger partial charge in [-0.1, -0.05) is 12.1 Å². The van der Waals surface area contributed by atoms with Crippen molar-refractivity contribution in [2.24, 2.45) is 0 Å². The Balaban J connectivity index is 2.54. The number of hydrogen-bond acceptors (Lipinski definition) is 3. The van der Waals surface area contributed by atoms with Crippen molar-refractivity contribution in [2.45, 2.75) is 0 Å². The van der Waals surface area contributed by atoms with E-state index in [0.29, 0.717) is 0 Å². The monoisotopic (exact) mass is 197 g/mol. The van der Waals surface area contributed by atoms with E-state index in [1.807, 2.05) is 36.0 Å². The largest absolute Gasteiger partial charge is 0.495 e. The molecule has 0 atom stereocenters. The molecule has 0 unspecified atom stereocenters. The lowest BCUT2D eigenvalue weighted by atomic mass is 10.3. The molecule has 0 saturated carbocycles. The van der Waals surface area contributed by atoms with Gasteiger partial charge >= 0.3 is 0 Å². The zero-order chi connectivity index (χ0) is 9.52. The van der Waals surface area contributed by atoms with Crippen LogP contribution in [0.5, 0.6) is 5.75 Å². The summed E-state index contributed by atoms with van der Waals surface area (Å²) in [5.74, 6) is 2.02. The number of nitrogens with one attached hydrogen (secondary N) is 1. The molecule has 3 heteroatoms. The summed E-state index contributed by atoms with van der Waals surface area (Å²) >= 11 is 1.83. The fourth-order valence-corrected chi connectivity index (χ4v) is 1.38. The second-order valence-electron chi connectivity index (χ2n) is 2.62. The lowest BCUT2D eigenvalue weighted by molar-refractivity contribution is 0.416. The highest BCUT2D eigenvalue weighted by Gasteiger charge is 1.98. The quantitative estimate of drug-likeness (QED) is 0.733. The summed E-state index contributed by atoms with van der Waals surface area (Å²) in [5.41, 5.74) is 1.07. The summed E-state index contributed by atoms with van der Waals surface area (Å²) in [4.78, 5) is 0. The van der Waals surface area contributed by atoms with E-state index in [2.05, 4.69) is 11.6 Å². The molecule has 13 heavy (non-hydrogen) atoms. The zero-order valence-corrected chi connectivity index (χ0v) is 8.86. The van der Waals surface area contributed by atoms with Gasteiger partial charge in [-0.3, -0.25) is 0 Å². The van der Waals surface area contributed by atoms with Crippen LogP contribution in [0.4, 0.5) is 5.69 Å². The Labute approximate surface area is 83.7 Å². The molecular formula is C10H15NOS. The minimum Gasteiger partial charge on any atom is -0.495 e. The number of rotatable bonds is 5. The van der Waals surface area contributed by atoms with E-state index in [-0.39, 0.29) is 0 Å². The van der Waals surface area contributed by atoms with Gasteiger partial charge in [-0.05, 0) is 18.4 Å². The van der Waals surface area contributed by atoms with Crippen LogP contribution in [0.2, 0.25) is 0 Å². The number of ether oxygens (including phenoxy) is 1. The Morgan fingerprint density at radius 3 is 2.85 bits per heavy atom. The number of thioether (sulfide) groups is 1. The molecule has 72 valence electrons. The van der Waals surface area contributed by atoms with Gasteiger partial charge in [-0.2, -0.15) is 11.8 Å². The lowest BCUT2D eigenvalue weighted by Crippen LogP contribution is -2.04. The SMILES string of the molecule is COc1ccccc1NCCSC. The summed E-state index contributed by atoms with van der Waals surface area (Å²) in [5, 5.41) is 3.32. The molecule has 0 radical (unpaired) electrons. The van der Waals surface area contributed by atoms with Crippen molar-refractivity contribution in [1.82, 2.24) is 0 Å². The standard InChI is InChI=1S/C10H15NOS/c1-12-10-6-4-3-5-9(10)11-7-8-13-2/h3-6,11H,7-8H2,1-2H3. The molecule has 0 aliphatic carbocycles. The topological polar surface area (TPSA) is 21.3 Å². The first-order valence-corrected chi connectivity index (χ1v) is 5.63. The maximum atomic E-state index is 5.21. The number of anilines is 1. The van der Waals surface area contributed by atoms with Crippen LogP contribution in [0.25, 0.3) is 0 Å². The molecule has 0 aliphatic rings. The summed E-state index contributed by atoms with van der Waals surface area (Å²) in [6.45, 7) is 0.974. The fraction of sp³-hybridized carbons (Fsp3) is 0.400. The van der Waals surface area contributed by atoms with Crippen molar-refractivity contribution in [3.63, 3.8) is 0 Å². The van der Waals surface area contributed by atoms with Crippen molar-refractivity contribution in [3.05, 3.63) is 24.3 Å². The highest BCUT2D eigenvalue weighted by atomic mass is 32.2. The highest BCUT2D eigenvalue weighted by Crippen LogP contribution is 2.22. The summed E-state index contributed by atoms with van der Waals surface area (Å²) in [7, 11) is 1.69. The molecule has 2 nitrogen and oxygen atoms in total. The van der Waals surface area contributed by atoms with Crippen molar-refractivity contribution in [3.8, 4) is 5.75 Å². The first kappa shape index (κ1) is 10.3. The van der Waals surface area contributed by atoms with Crippen LogP contribution in [0, 0.1) is 0 Å². The third-order valence-electron chi connectivity index (χ3n) is 1.73. The second kappa shape index (κ2) is 5.75. The zero-order valence-electron chi connectivity index (χ0n) is 8.04. The van der Waals surface area contributed by atoms with Gasteiger partial charge in [0.25, 0.3) is 0 Å². The predicted octanol–water partition coefficient (Wildman–Crippen LogP) is 2.47. The van der Waals surface area contributed by atoms with E-state index in [1.165, 1.54) is 0 Å². The van der Waals surface area contributed by atoms with E-state index < -0.39 is 0 Å². The van der Waals surface area contributed by atoms with Crippen LogP contribution in [0.15, 0.2) is 24.3 Å². The van der Waals surface area contributed by atoms with E-state index >= 15 is 0 Å². The average molecular weight is 197 g/mol. The van der Waals surface area contributed by atoms with Crippen molar-refractivity contribution < 1.29 is 4.74 Å². The molecule has 1 aromatic rings. The van der Waals surface area contributed by atoms with Crippen LogP contribution < -0.4 is 10.1 Å². The molecule has 0 spiro atoms. The van der Waals surface area contributed by atoms with Gasteiger partial charge in [0.2, 0.25) is 0 Å². The summed E-state index contributed by atoms with van der Waals surface area (Å²) in [6.07, 6.45) is 2.10. The van der Waals surface area contributed by atoms with E-state index in [1.54, 1.807) is 7.11 Å². The van der Waals surface area contributed by atoms with Gasteiger partial charge in [-0.15, -0.1) is 0 Å². The average Bonchev–Trinajstić information content (AvgIpc) is 2.19. The smallest absolute Gasteiger partial charge is 0.141 e. The molecule has 0 amide bonds. The predicted molar refractivity (Wildman–Crippen MR) is 59.9 cm³/mol. The van der Waals surface area contributed by atoms with Crippen LogP contribution in [-0.2, 0) is 0 Å². The molecule has 0 heterocycles. The molecule has 0 aromatic heterocycles. The molecule has 1 rings (SSSR count). The molecule has 1 N–H and O–H groups in total.